The van der Waals surface area contributed by atoms with Crippen LogP contribution in [0.3, 0.4) is 0 Å². The van der Waals surface area contributed by atoms with Crippen LogP contribution in [0, 0.1) is 0 Å². The Bertz CT molecular complexity index is 487. The van der Waals surface area contributed by atoms with E-state index in [9.17, 15) is 9.59 Å². The summed E-state index contributed by atoms with van der Waals surface area (Å²) in [5, 5.41) is 0. The lowest BCUT2D eigenvalue weighted by molar-refractivity contribution is -0.144. The fourth-order valence-corrected chi connectivity index (χ4v) is 2.16. The number of hydrogen-bond acceptors (Lipinski definition) is 4. The van der Waals surface area contributed by atoms with Gasteiger partial charge in [0, 0.05) is 13.0 Å². The van der Waals surface area contributed by atoms with Crippen molar-refractivity contribution in [2.75, 3.05) is 24.7 Å². The van der Waals surface area contributed by atoms with Crippen LogP contribution in [-0.4, -0.2) is 31.6 Å². The molecule has 0 bridgehead atoms. The van der Waals surface area contributed by atoms with Crippen molar-refractivity contribution in [3.63, 3.8) is 0 Å². The molecule has 1 heterocycles. The van der Waals surface area contributed by atoms with E-state index >= 15 is 0 Å². The van der Waals surface area contributed by atoms with E-state index in [2.05, 4.69) is 0 Å². The largest absolute Gasteiger partial charge is 0.491 e. The van der Waals surface area contributed by atoms with Crippen molar-refractivity contribution in [3.05, 3.63) is 24.3 Å². The standard InChI is InChI=1S/C15H19NO4/c1-2-19-15(18)9-8-14(17)16-10-5-11-20-13-7-4-3-6-12(13)16/h3-4,6-7H,2,5,8-11H2,1H3. The third kappa shape index (κ3) is 3.50. The summed E-state index contributed by atoms with van der Waals surface area (Å²) in [6.07, 6.45) is 1.05. The molecule has 0 saturated heterocycles. The molecule has 0 saturated carbocycles. The second kappa shape index (κ2) is 6.93. The molecule has 5 heteroatoms. The number of para-hydroxylation sites is 2. The molecule has 0 atom stereocenters. The Hall–Kier alpha value is -2.04. The first kappa shape index (κ1) is 14.4. The number of carbonyl (C=O) groups is 2. The highest BCUT2D eigenvalue weighted by Crippen LogP contribution is 2.30. The molecule has 1 aliphatic rings. The van der Waals surface area contributed by atoms with Crippen LogP contribution in [0.5, 0.6) is 5.75 Å². The van der Waals surface area contributed by atoms with Crippen molar-refractivity contribution in [2.45, 2.75) is 26.2 Å². The highest BCUT2D eigenvalue weighted by molar-refractivity contribution is 5.96. The summed E-state index contributed by atoms with van der Waals surface area (Å²) in [5.74, 6) is 0.311. The first-order chi connectivity index (χ1) is 9.72. The molecule has 0 aromatic heterocycles. The van der Waals surface area contributed by atoms with E-state index in [-0.39, 0.29) is 24.7 Å². The van der Waals surface area contributed by atoms with Gasteiger partial charge in [-0.05, 0) is 25.5 Å². The van der Waals surface area contributed by atoms with E-state index in [4.69, 9.17) is 9.47 Å². The summed E-state index contributed by atoms with van der Waals surface area (Å²) < 4.78 is 10.4. The van der Waals surface area contributed by atoms with Crippen molar-refractivity contribution >= 4 is 17.6 Å². The van der Waals surface area contributed by atoms with Crippen LogP contribution in [0.25, 0.3) is 0 Å². The minimum absolute atomic E-state index is 0.0731. The van der Waals surface area contributed by atoms with E-state index in [0.717, 1.165) is 17.9 Å². The number of hydrogen-bond donors (Lipinski definition) is 0. The fraction of sp³-hybridized carbons (Fsp3) is 0.467. The van der Waals surface area contributed by atoms with Gasteiger partial charge in [-0.25, -0.2) is 0 Å². The molecule has 0 fully saturated rings. The molecular formula is C15H19NO4. The van der Waals surface area contributed by atoms with Crippen molar-refractivity contribution in [2.24, 2.45) is 0 Å². The summed E-state index contributed by atoms with van der Waals surface area (Å²) >= 11 is 0. The van der Waals surface area contributed by atoms with Gasteiger partial charge >= 0.3 is 5.97 Å². The van der Waals surface area contributed by atoms with Gasteiger partial charge in [0.2, 0.25) is 5.91 Å². The fourth-order valence-electron chi connectivity index (χ4n) is 2.16. The zero-order valence-corrected chi connectivity index (χ0v) is 11.6. The Balaban J connectivity index is 2.04. The zero-order valence-electron chi connectivity index (χ0n) is 11.6. The predicted molar refractivity (Wildman–Crippen MR) is 74.8 cm³/mol. The van der Waals surface area contributed by atoms with Gasteiger partial charge in [0.25, 0.3) is 0 Å². The molecular weight excluding hydrogens is 258 g/mol. The minimum atomic E-state index is -0.333. The van der Waals surface area contributed by atoms with Crippen molar-refractivity contribution in [1.29, 1.82) is 0 Å². The quantitative estimate of drug-likeness (QED) is 0.791. The van der Waals surface area contributed by atoms with Crippen LogP contribution in [0.2, 0.25) is 0 Å². The van der Waals surface area contributed by atoms with Crippen LogP contribution < -0.4 is 9.64 Å². The average molecular weight is 277 g/mol. The number of benzene rings is 1. The van der Waals surface area contributed by atoms with E-state index in [1.807, 2.05) is 24.3 Å². The molecule has 0 spiro atoms. The molecule has 1 aromatic carbocycles. The molecule has 1 aliphatic heterocycles. The highest BCUT2D eigenvalue weighted by atomic mass is 16.5. The van der Waals surface area contributed by atoms with Gasteiger partial charge in [-0.1, -0.05) is 12.1 Å². The number of ether oxygens (including phenoxy) is 2. The number of fused-ring (bicyclic) bond motifs is 1. The van der Waals surface area contributed by atoms with E-state index < -0.39 is 0 Å². The van der Waals surface area contributed by atoms with Crippen LogP contribution in [0.1, 0.15) is 26.2 Å². The Labute approximate surface area is 118 Å². The summed E-state index contributed by atoms with van der Waals surface area (Å²) in [6.45, 7) is 3.30. The van der Waals surface area contributed by atoms with Gasteiger partial charge in [-0.2, -0.15) is 0 Å². The van der Waals surface area contributed by atoms with Crippen molar-refractivity contribution < 1.29 is 19.1 Å². The molecule has 5 nitrogen and oxygen atoms in total. The normalized spacial score (nSPS) is 13.9. The van der Waals surface area contributed by atoms with Gasteiger partial charge in [0.05, 0.1) is 25.3 Å². The number of nitrogens with zero attached hydrogens (tertiary/aromatic N) is 1. The van der Waals surface area contributed by atoms with Crippen LogP contribution >= 0.6 is 0 Å². The molecule has 0 aliphatic carbocycles. The summed E-state index contributed by atoms with van der Waals surface area (Å²) in [5.41, 5.74) is 0.777. The highest BCUT2D eigenvalue weighted by Gasteiger charge is 2.22. The van der Waals surface area contributed by atoms with Crippen molar-refractivity contribution in [1.82, 2.24) is 0 Å². The Morgan fingerprint density at radius 2 is 2.10 bits per heavy atom. The van der Waals surface area contributed by atoms with Crippen LogP contribution in [0.4, 0.5) is 5.69 Å². The van der Waals surface area contributed by atoms with Gasteiger partial charge in [0.1, 0.15) is 5.75 Å². The monoisotopic (exact) mass is 277 g/mol. The SMILES string of the molecule is CCOC(=O)CCC(=O)N1CCCOc2ccccc21. The Morgan fingerprint density at radius 1 is 1.30 bits per heavy atom. The van der Waals surface area contributed by atoms with Gasteiger partial charge in [-0.15, -0.1) is 0 Å². The second-order valence-electron chi connectivity index (χ2n) is 4.52. The molecule has 2 rings (SSSR count). The number of rotatable bonds is 4. The molecule has 0 radical (unpaired) electrons. The summed E-state index contributed by atoms with van der Waals surface area (Å²) in [7, 11) is 0. The molecule has 108 valence electrons. The van der Waals surface area contributed by atoms with Crippen molar-refractivity contribution in [3.8, 4) is 5.75 Å². The summed E-state index contributed by atoms with van der Waals surface area (Å²) in [6, 6.07) is 7.47. The number of carbonyl (C=O) groups excluding carboxylic acids is 2. The van der Waals surface area contributed by atoms with Crippen LogP contribution in [0.15, 0.2) is 24.3 Å². The molecule has 0 unspecified atom stereocenters. The first-order valence-electron chi connectivity index (χ1n) is 6.90. The maximum Gasteiger partial charge on any atom is 0.306 e. The predicted octanol–water partition coefficient (Wildman–Crippen LogP) is 2.15. The number of amides is 1. The number of anilines is 1. The zero-order chi connectivity index (χ0) is 14.4. The van der Waals surface area contributed by atoms with E-state index in [1.165, 1.54) is 0 Å². The minimum Gasteiger partial charge on any atom is -0.491 e. The third-order valence-electron chi connectivity index (χ3n) is 3.09. The second-order valence-corrected chi connectivity index (χ2v) is 4.52. The molecule has 1 aromatic rings. The maximum absolute atomic E-state index is 12.3. The van der Waals surface area contributed by atoms with E-state index in [0.29, 0.717) is 19.8 Å². The van der Waals surface area contributed by atoms with Gasteiger partial charge in [0.15, 0.2) is 0 Å². The third-order valence-corrected chi connectivity index (χ3v) is 3.09. The first-order valence-corrected chi connectivity index (χ1v) is 6.90. The smallest absolute Gasteiger partial charge is 0.306 e. The van der Waals surface area contributed by atoms with Gasteiger partial charge < -0.3 is 14.4 Å². The Kier molecular flexibility index (Phi) is 4.98. The molecule has 0 N–H and O–H groups in total. The Morgan fingerprint density at radius 3 is 2.90 bits per heavy atom. The lowest BCUT2D eigenvalue weighted by atomic mass is 10.2. The number of esters is 1. The summed E-state index contributed by atoms with van der Waals surface area (Å²) in [4.78, 5) is 25.3. The topological polar surface area (TPSA) is 55.8 Å². The maximum atomic E-state index is 12.3. The molecule has 20 heavy (non-hydrogen) atoms. The van der Waals surface area contributed by atoms with Gasteiger partial charge in [-0.3, -0.25) is 9.59 Å². The lowest BCUT2D eigenvalue weighted by Crippen LogP contribution is -2.31. The lowest BCUT2D eigenvalue weighted by Gasteiger charge is -2.21. The van der Waals surface area contributed by atoms with Crippen LogP contribution in [-0.2, 0) is 14.3 Å². The molecule has 1 amide bonds. The van der Waals surface area contributed by atoms with E-state index in [1.54, 1.807) is 11.8 Å². The average Bonchev–Trinajstić information content (AvgIpc) is 2.67.